The van der Waals surface area contributed by atoms with Crippen LogP contribution in [0.1, 0.15) is 90.5 Å². The van der Waals surface area contributed by atoms with E-state index in [0.717, 1.165) is 75.7 Å². The molecular formula is C33H44BNO4. The number of carbonyl (C=O) groups excluding carboxylic acids is 1. The molecule has 0 spiro atoms. The molecule has 1 amide bonds. The van der Waals surface area contributed by atoms with Gasteiger partial charge < -0.3 is 18.6 Å². The summed E-state index contributed by atoms with van der Waals surface area (Å²) in [6.07, 6.45) is 15.9. The summed E-state index contributed by atoms with van der Waals surface area (Å²) in [6.45, 7) is 11.0. The van der Waals surface area contributed by atoms with Crippen LogP contribution in [0.2, 0.25) is 5.82 Å². The minimum atomic E-state index is -0.188. The minimum absolute atomic E-state index is 0.0571. The second kappa shape index (κ2) is 9.24. The summed E-state index contributed by atoms with van der Waals surface area (Å²) in [6, 6.07) is 8.77. The number of para-hydroxylation sites is 1. The van der Waals surface area contributed by atoms with Gasteiger partial charge in [0.25, 0.3) is 0 Å². The molecule has 8 rings (SSSR count). The summed E-state index contributed by atoms with van der Waals surface area (Å²) in [5, 5.41) is 1.20. The largest absolute Gasteiger partial charge is 0.464 e. The average molecular weight is 530 g/mol. The molecule has 5 atom stereocenters. The van der Waals surface area contributed by atoms with E-state index in [2.05, 4.69) is 44.4 Å². The number of fused-ring (bicyclic) bond motifs is 3. The average Bonchev–Trinajstić information content (AvgIpc) is 3.69. The first kappa shape index (κ1) is 25.9. The lowest BCUT2D eigenvalue weighted by atomic mass is 9.43. The Balaban J connectivity index is 1.07. The Morgan fingerprint density at radius 1 is 1.18 bits per heavy atom. The highest BCUT2D eigenvalue weighted by Crippen LogP contribution is 2.66. The summed E-state index contributed by atoms with van der Waals surface area (Å²) in [4.78, 5) is 14.9. The van der Waals surface area contributed by atoms with Gasteiger partial charge in [0, 0.05) is 17.0 Å². The normalized spacial score (nSPS) is 36.7. The van der Waals surface area contributed by atoms with Gasteiger partial charge in [0.15, 0.2) is 0 Å². The van der Waals surface area contributed by atoms with Gasteiger partial charge in [-0.1, -0.05) is 57.9 Å². The number of rotatable bonds is 9. The van der Waals surface area contributed by atoms with Crippen LogP contribution in [-0.4, -0.2) is 41.2 Å². The molecule has 3 saturated carbocycles. The number of nitrogens with zero attached hydrogens (tertiary/aromatic N) is 1. The zero-order chi connectivity index (χ0) is 27.0. The molecule has 1 aromatic carbocycles. The van der Waals surface area contributed by atoms with E-state index in [0.29, 0.717) is 17.4 Å². The van der Waals surface area contributed by atoms with Crippen molar-refractivity contribution in [2.75, 3.05) is 0 Å². The lowest BCUT2D eigenvalue weighted by Gasteiger charge is -2.64. The van der Waals surface area contributed by atoms with Crippen molar-refractivity contribution in [2.24, 2.45) is 17.3 Å². The van der Waals surface area contributed by atoms with E-state index in [-0.39, 0.29) is 36.1 Å². The van der Waals surface area contributed by atoms with Gasteiger partial charge in [0.05, 0.1) is 18.0 Å². The lowest BCUT2D eigenvalue weighted by Crippen LogP contribution is -2.65. The Morgan fingerprint density at radius 3 is 2.74 bits per heavy atom. The molecule has 4 bridgehead atoms. The lowest BCUT2D eigenvalue weighted by molar-refractivity contribution is -0.199. The number of carbonyl (C=O) groups is 1. The molecule has 0 radical (unpaired) electrons. The SMILES string of the molecule is C=CC(=O)N1C2CCC1(CCCC[C@@H](Cc1coc3ccccc13)B1O[C@@H]3C[C@@H]4C[C@@H](C4(C)C)[C@]3(C)O1)CC2. The van der Waals surface area contributed by atoms with Gasteiger partial charge in [-0.3, -0.25) is 4.79 Å². The molecule has 6 heteroatoms. The molecule has 2 aromatic rings. The number of amides is 1. The van der Waals surface area contributed by atoms with Crippen LogP contribution < -0.4 is 0 Å². The van der Waals surface area contributed by atoms with Crippen molar-refractivity contribution in [3.05, 3.63) is 48.7 Å². The third-order valence-electron chi connectivity index (χ3n) is 12.0. The molecule has 208 valence electrons. The topological polar surface area (TPSA) is 51.9 Å². The van der Waals surface area contributed by atoms with Gasteiger partial charge in [-0.15, -0.1) is 0 Å². The Labute approximate surface area is 233 Å². The first-order valence-electron chi connectivity index (χ1n) is 15.5. The van der Waals surface area contributed by atoms with E-state index in [1.54, 1.807) is 0 Å². The van der Waals surface area contributed by atoms with Crippen molar-refractivity contribution >= 4 is 24.0 Å². The zero-order valence-corrected chi connectivity index (χ0v) is 24.0. The standard InChI is InChI=1S/C33H44BNO4/c1-5-30(36)35-25-13-16-33(35,17-14-25)15-9-8-10-24(18-22-21-37-27-12-7-6-11-26(22)27)34-38-29-20-23-19-28(31(23,2)3)32(29,4)39-34/h5-7,11-12,21,23-25,28-29H,1,8-10,13-20H2,2-4H3/t23-,24-,25?,28-,29+,32-,33?/m0/s1. The molecule has 3 aliphatic heterocycles. The van der Waals surface area contributed by atoms with Crippen LogP contribution in [0.3, 0.4) is 0 Å². The third kappa shape index (κ3) is 3.91. The second-order valence-corrected chi connectivity index (χ2v) is 14.2. The highest BCUT2D eigenvalue weighted by molar-refractivity contribution is 6.47. The first-order chi connectivity index (χ1) is 18.7. The van der Waals surface area contributed by atoms with Gasteiger partial charge in [-0.05, 0) is 99.1 Å². The van der Waals surface area contributed by atoms with Crippen LogP contribution in [0.5, 0.6) is 0 Å². The zero-order valence-electron chi connectivity index (χ0n) is 24.0. The van der Waals surface area contributed by atoms with Crippen molar-refractivity contribution in [1.29, 1.82) is 0 Å². The Bertz CT molecular complexity index is 1260. The quantitative estimate of drug-likeness (QED) is 0.194. The monoisotopic (exact) mass is 529 g/mol. The summed E-state index contributed by atoms with van der Waals surface area (Å²) >= 11 is 0. The molecule has 0 N–H and O–H groups in total. The van der Waals surface area contributed by atoms with Gasteiger partial charge in [-0.25, -0.2) is 0 Å². The maximum atomic E-state index is 12.7. The molecule has 3 saturated heterocycles. The number of furan rings is 1. The Hall–Kier alpha value is -2.05. The fourth-order valence-corrected chi connectivity index (χ4v) is 9.68. The predicted octanol–water partition coefficient (Wildman–Crippen LogP) is 7.34. The molecule has 4 heterocycles. The summed E-state index contributed by atoms with van der Waals surface area (Å²) in [5.74, 6) is 1.72. The highest BCUT2D eigenvalue weighted by Gasteiger charge is 2.68. The van der Waals surface area contributed by atoms with Crippen molar-refractivity contribution in [2.45, 2.75) is 121 Å². The van der Waals surface area contributed by atoms with Crippen LogP contribution in [-0.2, 0) is 20.5 Å². The second-order valence-electron chi connectivity index (χ2n) is 14.2. The van der Waals surface area contributed by atoms with Gasteiger partial charge in [0.1, 0.15) is 5.58 Å². The molecule has 6 aliphatic rings. The maximum Gasteiger partial charge on any atom is 0.461 e. The predicted molar refractivity (Wildman–Crippen MR) is 154 cm³/mol. The molecule has 1 aromatic heterocycles. The van der Waals surface area contributed by atoms with E-state index < -0.39 is 0 Å². The van der Waals surface area contributed by atoms with Crippen LogP contribution in [0.25, 0.3) is 11.0 Å². The van der Waals surface area contributed by atoms with Gasteiger partial charge in [-0.2, -0.15) is 0 Å². The van der Waals surface area contributed by atoms with Crippen molar-refractivity contribution in [3.8, 4) is 0 Å². The molecule has 0 unspecified atom stereocenters. The molecule has 5 nitrogen and oxygen atoms in total. The number of hydrogen-bond donors (Lipinski definition) is 0. The van der Waals surface area contributed by atoms with E-state index >= 15 is 0 Å². The van der Waals surface area contributed by atoms with Crippen LogP contribution >= 0.6 is 0 Å². The van der Waals surface area contributed by atoms with E-state index in [4.69, 9.17) is 13.7 Å². The number of hydrogen-bond acceptors (Lipinski definition) is 4. The van der Waals surface area contributed by atoms with Crippen LogP contribution in [0.15, 0.2) is 47.6 Å². The fourth-order valence-electron chi connectivity index (χ4n) is 9.68. The van der Waals surface area contributed by atoms with E-state index in [1.807, 2.05) is 18.4 Å². The highest BCUT2D eigenvalue weighted by atomic mass is 16.7. The van der Waals surface area contributed by atoms with Crippen LogP contribution in [0.4, 0.5) is 0 Å². The van der Waals surface area contributed by atoms with Crippen molar-refractivity contribution < 1.29 is 18.5 Å². The van der Waals surface area contributed by atoms with Crippen molar-refractivity contribution in [1.82, 2.24) is 4.90 Å². The third-order valence-corrected chi connectivity index (χ3v) is 12.0. The summed E-state index contributed by atoms with van der Waals surface area (Å²) < 4.78 is 19.7. The Morgan fingerprint density at radius 2 is 1.97 bits per heavy atom. The smallest absolute Gasteiger partial charge is 0.461 e. The summed E-state index contributed by atoms with van der Waals surface area (Å²) in [5.41, 5.74) is 2.41. The molecular weight excluding hydrogens is 485 g/mol. The van der Waals surface area contributed by atoms with E-state index in [1.165, 1.54) is 23.4 Å². The summed E-state index contributed by atoms with van der Waals surface area (Å²) in [7, 11) is -0.178. The fraction of sp³-hybridized carbons (Fsp3) is 0.667. The first-order valence-corrected chi connectivity index (χ1v) is 15.5. The van der Waals surface area contributed by atoms with Gasteiger partial charge in [0.2, 0.25) is 5.91 Å². The van der Waals surface area contributed by atoms with E-state index in [9.17, 15) is 4.79 Å². The maximum absolute atomic E-state index is 12.7. The van der Waals surface area contributed by atoms with Gasteiger partial charge >= 0.3 is 7.12 Å². The Kier molecular flexibility index (Phi) is 6.13. The number of benzene rings is 1. The molecule has 39 heavy (non-hydrogen) atoms. The van der Waals surface area contributed by atoms with Crippen molar-refractivity contribution in [3.63, 3.8) is 0 Å². The number of unbranched alkanes of at least 4 members (excludes halogenated alkanes) is 1. The van der Waals surface area contributed by atoms with Crippen LogP contribution in [0, 0.1) is 17.3 Å². The molecule has 6 fully saturated rings. The molecule has 3 aliphatic carbocycles. The minimum Gasteiger partial charge on any atom is -0.464 e.